The van der Waals surface area contributed by atoms with Crippen LogP contribution in [0.25, 0.3) is 0 Å². The van der Waals surface area contributed by atoms with Crippen molar-refractivity contribution >= 4 is 11.6 Å². The van der Waals surface area contributed by atoms with Crippen molar-refractivity contribution in [3.8, 4) is 0 Å². The SMILES string of the molecule is Cc1cc(F)ccc1Cn1ccnc1CCl. The highest BCUT2D eigenvalue weighted by molar-refractivity contribution is 6.16. The number of benzene rings is 1. The maximum absolute atomic E-state index is 12.9. The Morgan fingerprint density at radius 3 is 2.94 bits per heavy atom. The predicted molar refractivity (Wildman–Crippen MR) is 62.0 cm³/mol. The number of alkyl halides is 1. The maximum atomic E-state index is 12.9. The molecule has 2 rings (SSSR count). The molecule has 0 radical (unpaired) electrons. The Kier molecular flexibility index (Phi) is 3.25. The van der Waals surface area contributed by atoms with Crippen molar-refractivity contribution in [3.05, 3.63) is 53.4 Å². The third kappa shape index (κ3) is 2.25. The van der Waals surface area contributed by atoms with Gasteiger partial charge in [0.15, 0.2) is 0 Å². The molecule has 0 spiro atoms. The largest absolute Gasteiger partial charge is 0.330 e. The monoisotopic (exact) mass is 238 g/mol. The molecule has 1 heterocycles. The molecular formula is C12H12ClFN2. The van der Waals surface area contributed by atoms with Crippen LogP contribution in [0.5, 0.6) is 0 Å². The van der Waals surface area contributed by atoms with E-state index in [4.69, 9.17) is 11.6 Å². The molecule has 0 aliphatic carbocycles. The summed E-state index contributed by atoms with van der Waals surface area (Å²) in [7, 11) is 0. The Morgan fingerprint density at radius 1 is 1.44 bits per heavy atom. The van der Waals surface area contributed by atoms with Gasteiger partial charge < -0.3 is 4.57 Å². The fraction of sp³-hybridized carbons (Fsp3) is 0.250. The van der Waals surface area contributed by atoms with Crippen molar-refractivity contribution in [1.82, 2.24) is 9.55 Å². The number of aromatic nitrogens is 2. The molecule has 0 fully saturated rings. The molecule has 0 amide bonds. The first-order chi connectivity index (χ1) is 7.70. The van der Waals surface area contributed by atoms with Gasteiger partial charge in [0.25, 0.3) is 0 Å². The van der Waals surface area contributed by atoms with Gasteiger partial charge in [0, 0.05) is 18.9 Å². The van der Waals surface area contributed by atoms with Gasteiger partial charge in [0.05, 0.1) is 5.88 Å². The molecule has 84 valence electrons. The topological polar surface area (TPSA) is 17.8 Å². The predicted octanol–water partition coefficient (Wildman–Crippen LogP) is 3.12. The van der Waals surface area contributed by atoms with Crippen molar-refractivity contribution in [2.45, 2.75) is 19.3 Å². The Morgan fingerprint density at radius 2 is 2.25 bits per heavy atom. The Bertz CT molecular complexity index is 494. The van der Waals surface area contributed by atoms with Crippen molar-refractivity contribution in [2.24, 2.45) is 0 Å². The van der Waals surface area contributed by atoms with Crippen molar-refractivity contribution < 1.29 is 4.39 Å². The van der Waals surface area contributed by atoms with Crippen molar-refractivity contribution in [3.63, 3.8) is 0 Å². The van der Waals surface area contributed by atoms with E-state index in [9.17, 15) is 4.39 Å². The van der Waals surface area contributed by atoms with E-state index in [1.54, 1.807) is 12.3 Å². The molecule has 0 bridgehead atoms. The molecule has 0 aliphatic heterocycles. The van der Waals surface area contributed by atoms with Crippen LogP contribution in [0.1, 0.15) is 17.0 Å². The summed E-state index contributed by atoms with van der Waals surface area (Å²) in [6, 6.07) is 4.80. The summed E-state index contributed by atoms with van der Waals surface area (Å²) in [4.78, 5) is 4.14. The minimum atomic E-state index is -0.204. The molecule has 1 aromatic heterocycles. The molecule has 0 saturated heterocycles. The standard InChI is InChI=1S/C12H12ClFN2/c1-9-6-11(14)3-2-10(9)8-16-5-4-15-12(16)7-13/h2-6H,7-8H2,1H3. The van der Waals surface area contributed by atoms with E-state index in [2.05, 4.69) is 4.98 Å². The van der Waals surface area contributed by atoms with Gasteiger partial charge in [0.2, 0.25) is 0 Å². The van der Waals surface area contributed by atoms with Crippen LogP contribution >= 0.6 is 11.6 Å². The lowest BCUT2D eigenvalue weighted by atomic mass is 10.1. The van der Waals surface area contributed by atoms with Gasteiger partial charge in [-0.2, -0.15) is 0 Å². The second kappa shape index (κ2) is 4.66. The van der Waals surface area contributed by atoms with E-state index in [1.165, 1.54) is 12.1 Å². The van der Waals surface area contributed by atoms with Crippen LogP contribution in [0, 0.1) is 12.7 Å². The highest BCUT2D eigenvalue weighted by Gasteiger charge is 2.04. The van der Waals surface area contributed by atoms with E-state index in [1.807, 2.05) is 17.7 Å². The van der Waals surface area contributed by atoms with Gasteiger partial charge in [-0.15, -0.1) is 11.6 Å². The lowest BCUT2D eigenvalue weighted by Crippen LogP contribution is -2.04. The second-order valence-corrected chi connectivity index (χ2v) is 3.94. The van der Waals surface area contributed by atoms with Gasteiger partial charge >= 0.3 is 0 Å². The molecule has 0 atom stereocenters. The lowest BCUT2D eigenvalue weighted by molar-refractivity contribution is 0.624. The molecule has 1 aromatic carbocycles. The Labute approximate surface area is 98.7 Å². The molecule has 4 heteroatoms. The van der Waals surface area contributed by atoms with Crippen LogP contribution in [-0.4, -0.2) is 9.55 Å². The maximum Gasteiger partial charge on any atom is 0.123 e. The Hall–Kier alpha value is -1.35. The van der Waals surface area contributed by atoms with Crippen LogP contribution in [0.15, 0.2) is 30.6 Å². The van der Waals surface area contributed by atoms with E-state index in [0.29, 0.717) is 12.4 Å². The van der Waals surface area contributed by atoms with Gasteiger partial charge in [0.1, 0.15) is 11.6 Å². The number of hydrogen-bond donors (Lipinski definition) is 0. The fourth-order valence-electron chi connectivity index (χ4n) is 1.64. The first-order valence-electron chi connectivity index (χ1n) is 5.01. The molecule has 0 saturated carbocycles. The molecule has 2 aromatic rings. The fourth-order valence-corrected chi connectivity index (χ4v) is 1.86. The second-order valence-electron chi connectivity index (χ2n) is 3.68. The number of rotatable bonds is 3. The summed E-state index contributed by atoms with van der Waals surface area (Å²) in [6.07, 6.45) is 3.59. The number of halogens is 2. The average molecular weight is 239 g/mol. The van der Waals surface area contributed by atoms with Crippen LogP contribution in [-0.2, 0) is 12.4 Å². The quantitative estimate of drug-likeness (QED) is 0.752. The first kappa shape index (κ1) is 11.1. The van der Waals surface area contributed by atoms with Gasteiger partial charge in [-0.1, -0.05) is 6.07 Å². The zero-order chi connectivity index (χ0) is 11.5. The molecule has 0 aliphatic rings. The highest BCUT2D eigenvalue weighted by atomic mass is 35.5. The van der Waals surface area contributed by atoms with E-state index >= 15 is 0 Å². The summed E-state index contributed by atoms with van der Waals surface area (Å²) in [5, 5.41) is 0. The smallest absolute Gasteiger partial charge is 0.123 e. The van der Waals surface area contributed by atoms with Gasteiger partial charge in [-0.3, -0.25) is 0 Å². The van der Waals surface area contributed by atoms with Crippen LogP contribution < -0.4 is 0 Å². The molecule has 0 unspecified atom stereocenters. The van der Waals surface area contributed by atoms with Gasteiger partial charge in [-0.25, -0.2) is 9.37 Å². The van der Waals surface area contributed by atoms with E-state index in [0.717, 1.165) is 17.0 Å². The number of hydrogen-bond acceptors (Lipinski definition) is 1. The number of nitrogens with zero attached hydrogens (tertiary/aromatic N) is 2. The summed E-state index contributed by atoms with van der Waals surface area (Å²) >= 11 is 5.76. The van der Waals surface area contributed by atoms with Crippen molar-refractivity contribution in [2.75, 3.05) is 0 Å². The number of aryl methyl sites for hydroxylation is 1. The van der Waals surface area contributed by atoms with Crippen LogP contribution in [0.2, 0.25) is 0 Å². The normalized spacial score (nSPS) is 10.7. The zero-order valence-electron chi connectivity index (χ0n) is 8.95. The van der Waals surface area contributed by atoms with Gasteiger partial charge in [-0.05, 0) is 30.2 Å². The van der Waals surface area contributed by atoms with Crippen molar-refractivity contribution in [1.29, 1.82) is 0 Å². The highest BCUT2D eigenvalue weighted by Crippen LogP contribution is 2.13. The zero-order valence-corrected chi connectivity index (χ0v) is 9.71. The summed E-state index contributed by atoms with van der Waals surface area (Å²) < 4.78 is 14.9. The molecule has 2 nitrogen and oxygen atoms in total. The average Bonchev–Trinajstić information content (AvgIpc) is 2.69. The molecule has 16 heavy (non-hydrogen) atoms. The minimum Gasteiger partial charge on any atom is -0.330 e. The van der Waals surface area contributed by atoms with E-state index < -0.39 is 0 Å². The third-order valence-electron chi connectivity index (χ3n) is 2.57. The van der Waals surface area contributed by atoms with E-state index in [-0.39, 0.29) is 5.82 Å². The summed E-state index contributed by atoms with van der Waals surface area (Å²) in [6.45, 7) is 2.57. The third-order valence-corrected chi connectivity index (χ3v) is 2.81. The molecular weight excluding hydrogens is 227 g/mol. The number of imidazole rings is 1. The van der Waals surface area contributed by atoms with Crippen LogP contribution in [0.3, 0.4) is 0 Å². The summed E-state index contributed by atoms with van der Waals surface area (Å²) in [5.74, 6) is 1.00. The van der Waals surface area contributed by atoms with Crippen LogP contribution in [0.4, 0.5) is 4.39 Å². The summed E-state index contributed by atoms with van der Waals surface area (Å²) in [5.41, 5.74) is 2.01. The minimum absolute atomic E-state index is 0.204. The molecule has 0 N–H and O–H groups in total. The first-order valence-corrected chi connectivity index (χ1v) is 5.55. The Balaban J connectivity index is 2.27. The lowest BCUT2D eigenvalue weighted by Gasteiger charge is -2.08.